The number of thiophene rings is 1. The van der Waals surface area contributed by atoms with Crippen LogP contribution >= 0.6 is 46.1 Å². The highest BCUT2D eigenvalue weighted by Gasteiger charge is 2.23. The van der Waals surface area contributed by atoms with Crippen molar-refractivity contribution in [3.05, 3.63) is 40.2 Å². The van der Waals surface area contributed by atoms with Crippen LogP contribution < -0.4 is 5.73 Å². The van der Waals surface area contributed by atoms with Crippen LogP contribution in [0.2, 0.25) is 0 Å². The molecule has 0 aromatic carbocycles. The molecule has 0 radical (unpaired) electrons. The maximum absolute atomic E-state index is 11.4. The Morgan fingerprint density at radius 2 is 2.12 bits per heavy atom. The summed E-state index contributed by atoms with van der Waals surface area (Å²) in [5.41, 5.74) is 5.32. The Kier molecular flexibility index (Phi) is 4.87. The van der Waals surface area contributed by atoms with Crippen LogP contribution in [0.15, 0.2) is 35.4 Å². The van der Waals surface area contributed by atoms with E-state index in [4.69, 9.17) is 40.5 Å². The van der Waals surface area contributed by atoms with Gasteiger partial charge in [0.2, 0.25) is 3.79 Å². The van der Waals surface area contributed by atoms with Gasteiger partial charge in [0.05, 0.1) is 5.70 Å². The van der Waals surface area contributed by atoms with Crippen molar-refractivity contribution in [2.24, 2.45) is 5.73 Å². The van der Waals surface area contributed by atoms with Gasteiger partial charge >= 0.3 is 0 Å². The lowest BCUT2D eigenvalue weighted by Crippen LogP contribution is -2.16. The van der Waals surface area contributed by atoms with Crippen molar-refractivity contribution >= 4 is 58.0 Å². The summed E-state index contributed by atoms with van der Waals surface area (Å²) in [5, 5.41) is 1.91. The molecule has 1 aromatic heterocycles. The molecule has 1 heterocycles. The van der Waals surface area contributed by atoms with Crippen LogP contribution in [0.3, 0.4) is 0 Å². The molecule has 0 saturated heterocycles. The summed E-state index contributed by atoms with van der Waals surface area (Å²) >= 11 is 18.0. The van der Waals surface area contributed by atoms with Crippen LogP contribution in [0.4, 0.5) is 0 Å². The molecule has 1 rings (SSSR count). The second kappa shape index (κ2) is 5.73. The van der Waals surface area contributed by atoms with Gasteiger partial charge in [-0.3, -0.25) is 4.79 Å². The Labute approximate surface area is 112 Å². The molecular weight excluding hydrogens is 289 g/mol. The van der Waals surface area contributed by atoms with Crippen LogP contribution in [0.25, 0.3) is 6.08 Å². The fraction of sp³-hybridized carbons (Fsp3) is 0.100. The highest BCUT2D eigenvalue weighted by atomic mass is 35.6. The predicted molar refractivity (Wildman–Crippen MR) is 70.9 cm³/mol. The smallest absolute Gasteiger partial charge is 0.230 e. The minimum Gasteiger partial charge on any atom is -0.398 e. The summed E-state index contributed by atoms with van der Waals surface area (Å²) < 4.78 is -1.74. The Morgan fingerprint density at radius 1 is 1.44 bits per heavy atom. The quantitative estimate of drug-likeness (QED) is 0.685. The van der Waals surface area contributed by atoms with E-state index in [-0.39, 0.29) is 11.5 Å². The lowest BCUT2D eigenvalue weighted by atomic mass is 10.3. The molecule has 0 bridgehead atoms. The van der Waals surface area contributed by atoms with Crippen LogP contribution in [-0.4, -0.2) is 9.58 Å². The second-order valence-electron chi connectivity index (χ2n) is 2.85. The molecule has 86 valence electrons. The molecule has 0 unspecified atom stereocenters. The van der Waals surface area contributed by atoms with Crippen LogP contribution in [0, 0.1) is 0 Å². The first-order chi connectivity index (χ1) is 7.39. The molecule has 1 aromatic rings. The number of alkyl halides is 3. The van der Waals surface area contributed by atoms with Crippen LogP contribution in [-0.2, 0) is 4.79 Å². The number of allylic oxidation sites excluding steroid dienone is 3. The molecular formula is C10H8Cl3NOS. The zero-order valence-corrected chi connectivity index (χ0v) is 11.1. The van der Waals surface area contributed by atoms with Gasteiger partial charge in [-0.05, 0) is 23.6 Å². The van der Waals surface area contributed by atoms with Crippen molar-refractivity contribution in [3.63, 3.8) is 0 Å². The van der Waals surface area contributed by atoms with E-state index in [1.165, 1.54) is 17.4 Å². The average Bonchev–Trinajstić information content (AvgIpc) is 2.65. The second-order valence-corrected chi connectivity index (χ2v) is 6.11. The Morgan fingerprint density at radius 3 is 2.62 bits per heavy atom. The van der Waals surface area contributed by atoms with Gasteiger partial charge in [-0.2, -0.15) is 0 Å². The Balaban J connectivity index is 2.67. The van der Waals surface area contributed by atoms with E-state index in [0.29, 0.717) is 0 Å². The van der Waals surface area contributed by atoms with Gasteiger partial charge < -0.3 is 5.73 Å². The SMILES string of the molecule is NC(=CC(=O)C=Cc1cccs1)C(Cl)(Cl)Cl. The van der Waals surface area contributed by atoms with Gasteiger partial charge in [-0.15, -0.1) is 11.3 Å². The van der Waals surface area contributed by atoms with E-state index < -0.39 is 3.79 Å². The average molecular weight is 297 g/mol. The lowest BCUT2D eigenvalue weighted by Gasteiger charge is -2.09. The summed E-state index contributed by atoms with van der Waals surface area (Å²) in [6, 6.07) is 3.77. The topological polar surface area (TPSA) is 43.1 Å². The molecule has 6 heteroatoms. The zero-order chi connectivity index (χ0) is 12.2. The largest absolute Gasteiger partial charge is 0.398 e. The Bertz CT molecular complexity index is 418. The standard InChI is InChI=1S/C10H8Cl3NOS/c11-10(12,13)9(14)6-7(15)3-4-8-2-1-5-16-8/h1-6H,14H2. The molecule has 0 amide bonds. The van der Waals surface area contributed by atoms with E-state index in [9.17, 15) is 4.79 Å². The third-order valence-electron chi connectivity index (χ3n) is 1.58. The highest BCUT2D eigenvalue weighted by Crippen LogP contribution is 2.31. The van der Waals surface area contributed by atoms with Crippen LogP contribution in [0.5, 0.6) is 0 Å². The van der Waals surface area contributed by atoms with E-state index in [2.05, 4.69) is 0 Å². The van der Waals surface area contributed by atoms with E-state index >= 15 is 0 Å². The van der Waals surface area contributed by atoms with Crippen LogP contribution in [0.1, 0.15) is 4.88 Å². The first-order valence-corrected chi connectivity index (χ1v) is 6.21. The summed E-state index contributed by atoms with van der Waals surface area (Å²) in [5.74, 6) is -0.322. The third-order valence-corrected chi connectivity index (χ3v) is 3.07. The number of halogens is 3. The molecule has 0 aliphatic carbocycles. The van der Waals surface area contributed by atoms with E-state index in [1.807, 2.05) is 17.5 Å². The number of nitrogens with two attached hydrogens (primary N) is 1. The molecule has 0 saturated carbocycles. The van der Waals surface area contributed by atoms with Crippen molar-refractivity contribution in [2.75, 3.05) is 0 Å². The first kappa shape index (κ1) is 13.6. The fourth-order valence-electron chi connectivity index (χ4n) is 0.834. The number of hydrogen-bond donors (Lipinski definition) is 1. The number of hydrogen-bond acceptors (Lipinski definition) is 3. The van der Waals surface area contributed by atoms with Crippen molar-refractivity contribution in [3.8, 4) is 0 Å². The zero-order valence-electron chi connectivity index (χ0n) is 7.99. The minimum absolute atomic E-state index is 0.0988. The third kappa shape index (κ3) is 4.58. The van der Waals surface area contributed by atoms with Crippen molar-refractivity contribution in [2.45, 2.75) is 3.79 Å². The molecule has 2 nitrogen and oxygen atoms in total. The van der Waals surface area contributed by atoms with Gasteiger partial charge in [0.15, 0.2) is 5.78 Å². The lowest BCUT2D eigenvalue weighted by molar-refractivity contribution is -0.110. The van der Waals surface area contributed by atoms with Crippen molar-refractivity contribution in [1.82, 2.24) is 0 Å². The molecule has 0 spiro atoms. The maximum atomic E-state index is 11.4. The minimum atomic E-state index is -1.74. The monoisotopic (exact) mass is 295 g/mol. The molecule has 0 aliphatic heterocycles. The fourth-order valence-corrected chi connectivity index (χ4v) is 1.62. The summed E-state index contributed by atoms with van der Waals surface area (Å²) in [6.45, 7) is 0. The number of rotatable bonds is 3. The van der Waals surface area contributed by atoms with Gasteiger partial charge in [-0.25, -0.2) is 0 Å². The van der Waals surface area contributed by atoms with E-state index in [0.717, 1.165) is 11.0 Å². The molecule has 0 aliphatic rings. The maximum Gasteiger partial charge on any atom is 0.230 e. The van der Waals surface area contributed by atoms with E-state index in [1.54, 1.807) is 6.08 Å². The number of carbonyl (C=O) groups excluding carboxylic acids is 1. The first-order valence-electron chi connectivity index (χ1n) is 4.19. The summed E-state index contributed by atoms with van der Waals surface area (Å²) in [6.07, 6.45) is 4.14. The summed E-state index contributed by atoms with van der Waals surface area (Å²) in [4.78, 5) is 12.3. The Hall–Kier alpha value is -0.480. The number of carbonyl (C=O) groups is 1. The molecule has 16 heavy (non-hydrogen) atoms. The van der Waals surface area contributed by atoms with Gasteiger partial charge in [0.25, 0.3) is 0 Å². The number of ketones is 1. The molecule has 2 N–H and O–H groups in total. The molecule has 0 fully saturated rings. The molecule has 0 atom stereocenters. The highest BCUT2D eigenvalue weighted by molar-refractivity contribution is 7.10. The normalized spacial score (nSPS) is 13.3. The van der Waals surface area contributed by atoms with Crippen molar-refractivity contribution in [1.29, 1.82) is 0 Å². The summed E-state index contributed by atoms with van der Waals surface area (Å²) in [7, 11) is 0. The van der Waals surface area contributed by atoms with Crippen molar-refractivity contribution < 1.29 is 4.79 Å². The van der Waals surface area contributed by atoms with Gasteiger partial charge in [0.1, 0.15) is 0 Å². The van der Waals surface area contributed by atoms with Gasteiger partial charge in [-0.1, -0.05) is 40.9 Å². The van der Waals surface area contributed by atoms with Gasteiger partial charge in [0, 0.05) is 11.0 Å². The predicted octanol–water partition coefficient (Wildman–Crippen LogP) is 3.54.